The monoisotopic (exact) mass is 263 g/mol. The summed E-state index contributed by atoms with van der Waals surface area (Å²) in [6, 6.07) is 6.09. The van der Waals surface area contributed by atoms with Crippen molar-refractivity contribution >= 4 is 11.7 Å². The predicted octanol–water partition coefficient (Wildman–Crippen LogP) is 2.07. The molecule has 0 fully saturated rings. The average Bonchev–Trinajstić information content (AvgIpc) is 2.38. The van der Waals surface area contributed by atoms with Crippen LogP contribution in [0, 0.1) is 0 Å². The maximum atomic E-state index is 11.1. The molecule has 0 aliphatic heterocycles. The van der Waals surface area contributed by atoms with Gasteiger partial charge in [-0.2, -0.15) is 0 Å². The minimum Gasteiger partial charge on any atom is -0.496 e. The number of hydrogen-bond donors (Lipinski definition) is 1. The Morgan fingerprint density at radius 1 is 1.32 bits per heavy atom. The Morgan fingerprint density at radius 2 is 2.00 bits per heavy atom. The molecule has 1 N–H and O–H groups in total. The molecule has 0 aliphatic rings. The van der Waals surface area contributed by atoms with Crippen LogP contribution in [0.25, 0.3) is 0 Å². The molecule has 0 aromatic heterocycles. The van der Waals surface area contributed by atoms with Crippen molar-refractivity contribution in [3.8, 4) is 5.75 Å². The SMILES string of the molecule is COc1cc(C(C)C)ccc1CCNC(=O)C(C)=O. The molecule has 104 valence electrons. The van der Waals surface area contributed by atoms with E-state index < -0.39 is 11.7 Å². The van der Waals surface area contributed by atoms with Crippen molar-refractivity contribution in [2.45, 2.75) is 33.1 Å². The van der Waals surface area contributed by atoms with Gasteiger partial charge in [0.25, 0.3) is 5.91 Å². The van der Waals surface area contributed by atoms with Gasteiger partial charge in [-0.1, -0.05) is 26.0 Å². The molecule has 0 saturated carbocycles. The maximum Gasteiger partial charge on any atom is 0.287 e. The number of Topliss-reactive ketones (excluding diaryl/α,β-unsaturated/α-hetero) is 1. The zero-order valence-electron chi connectivity index (χ0n) is 11.9. The number of benzene rings is 1. The van der Waals surface area contributed by atoms with Gasteiger partial charge in [0.2, 0.25) is 5.78 Å². The van der Waals surface area contributed by atoms with Crippen LogP contribution in [0.3, 0.4) is 0 Å². The Bertz CT molecular complexity index is 466. The van der Waals surface area contributed by atoms with Crippen molar-refractivity contribution in [1.29, 1.82) is 0 Å². The maximum absolute atomic E-state index is 11.1. The van der Waals surface area contributed by atoms with E-state index in [0.29, 0.717) is 18.9 Å². The highest BCUT2D eigenvalue weighted by molar-refractivity contribution is 6.35. The molecule has 19 heavy (non-hydrogen) atoms. The fourth-order valence-electron chi connectivity index (χ4n) is 1.76. The van der Waals surface area contributed by atoms with E-state index in [1.165, 1.54) is 12.5 Å². The van der Waals surface area contributed by atoms with Crippen LogP contribution in [0.5, 0.6) is 5.75 Å². The number of amides is 1. The summed E-state index contributed by atoms with van der Waals surface area (Å²) in [5.74, 6) is 0.253. The molecule has 0 bridgehead atoms. The molecule has 0 aliphatic carbocycles. The molecule has 0 atom stereocenters. The minimum absolute atomic E-state index is 0.426. The van der Waals surface area contributed by atoms with Crippen molar-refractivity contribution in [1.82, 2.24) is 5.32 Å². The van der Waals surface area contributed by atoms with Gasteiger partial charge < -0.3 is 10.1 Å². The molecule has 4 nitrogen and oxygen atoms in total. The summed E-state index contributed by atoms with van der Waals surface area (Å²) in [5, 5.41) is 2.58. The number of hydrogen-bond acceptors (Lipinski definition) is 3. The normalized spacial score (nSPS) is 10.4. The Morgan fingerprint density at radius 3 is 2.53 bits per heavy atom. The summed E-state index contributed by atoms with van der Waals surface area (Å²) < 4.78 is 5.36. The molecular weight excluding hydrogens is 242 g/mol. The standard InChI is InChI=1S/C15H21NO3/c1-10(2)13-6-5-12(14(9-13)19-4)7-8-16-15(18)11(3)17/h5-6,9-10H,7-8H2,1-4H3,(H,16,18). The molecule has 1 aromatic carbocycles. The van der Waals surface area contributed by atoms with E-state index in [9.17, 15) is 9.59 Å². The third-order valence-electron chi connectivity index (χ3n) is 2.98. The van der Waals surface area contributed by atoms with Gasteiger partial charge in [0.15, 0.2) is 0 Å². The first-order valence-electron chi connectivity index (χ1n) is 6.41. The fourth-order valence-corrected chi connectivity index (χ4v) is 1.76. The van der Waals surface area contributed by atoms with Crippen LogP contribution >= 0.6 is 0 Å². The molecular formula is C15H21NO3. The number of nitrogens with one attached hydrogen (secondary N) is 1. The van der Waals surface area contributed by atoms with E-state index in [1.54, 1.807) is 7.11 Å². The van der Waals surface area contributed by atoms with E-state index in [2.05, 4.69) is 25.2 Å². The van der Waals surface area contributed by atoms with E-state index in [4.69, 9.17) is 4.74 Å². The van der Waals surface area contributed by atoms with Crippen LogP contribution in [0.4, 0.5) is 0 Å². The lowest BCUT2D eigenvalue weighted by atomic mass is 10.00. The lowest BCUT2D eigenvalue weighted by Gasteiger charge is -2.12. The van der Waals surface area contributed by atoms with Gasteiger partial charge in [-0.15, -0.1) is 0 Å². The largest absolute Gasteiger partial charge is 0.496 e. The first-order valence-corrected chi connectivity index (χ1v) is 6.41. The number of ketones is 1. The summed E-state index contributed by atoms with van der Waals surface area (Å²) in [7, 11) is 1.64. The first kappa shape index (κ1) is 15.2. The molecule has 0 radical (unpaired) electrons. The van der Waals surface area contributed by atoms with Crippen LogP contribution in [0.2, 0.25) is 0 Å². The summed E-state index contributed by atoms with van der Waals surface area (Å²) in [4.78, 5) is 21.9. The average molecular weight is 263 g/mol. The van der Waals surface area contributed by atoms with Crippen molar-refractivity contribution in [2.24, 2.45) is 0 Å². The van der Waals surface area contributed by atoms with Gasteiger partial charge in [-0.3, -0.25) is 9.59 Å². The Labute approximate surface area is 114 Å². The lowest BCUT2D eigenvalue weighted by molar-refractivity contribution is -0.136. The molecule has 0 unspecified atom stereocenters. The minimum atomic E-state index is -0.544. The smallest absolute Gasteiger partial charge is 0.287 e. The van der Waals surface area contributed by atoms with Crippen molar-refractivity contribution < 1.29 is 14.3 Å². The third kappa shape index (κ3) is 4.39. The van der Waals surface area contributed by atoms with E-state index in [1.807, 2.05) is 12.1 Å². The molecule has 0 spiro atoms. The Hall–Kier alpha value is -1.84. The summed E-state index contributed by atoms with van der Waals surface area (Å²) >= 11 is 0. The van der Waals surface area contributed by atoms with Crippen LogP contribution in [0.15, 0.2) is 18.2 Å². The zero-order chi connectivity index (χ0) is 14.4. The number of ether oxygens (including phenoxy) is 1. The molecule has 1 rings (SSSR count). The summed E-state index contributed by atoms with van der Waals surface area (Å²) in [5.41, 5.74) is 2.24. The predicted molar refractivity (Wildman–Crippen MR) is 74.5 cm³/mol. The van der Waals surface area contributed by atoms with Crippen LogP contribution < -0.4 is 10.1 Å². The second kappa shape index (κ2) is 6.92. The van der Waals surface area contributed by atoms with Crippen LogP contribution in [-0.2, 0) is 16.0 Å². The second-order valence-electron chi connectivity index (χ2n) is 4.79. The Balaban J connectivity index is 2.68. The third-order valence-corrected chi connectivity index (χ3v) is 2.98. The quantitative estimate of drug-likeness (QED) is 0.799. The molecule has 4 heteroatoms. The number of carbonyl (C=O) groups is 2. The first-order chi connectivity index (χ1) is 8.95. The van der Waals surface area contributed by atoms with Gasteiger partial charge in [-0.25, -0.2) is 0 Å². The molecule has 1 amide bonds. The highest BCUT2D eigenvalue weighted by atomic mass is 16.5. The molecule has 0 heterocycles. The van der Waals surface area contributed by atoms with Gasteiger partial charge >= 0.3 is 0 Å². The van der Waals surface area contributed by atoms with Gasteiger partial charge in [0.05, 0.1) is 7.11 Å². The van der Waals surface area contributed by atoms with Crippen molar-refractivity contribution in [3.63, 3.8) is 0 Å². The van der Waals surface area contributed by atoms with Gasteiger partial charge in [-0.05, 0) is 29.5 Å². The van der Waals surface area contributed by atoms with Crippen molar-refractivity contribution in [3.05, 3.63) is 29.3 Å². The summed E-state index contributed by atoms with van der Waals surface area (Å²) in [6.07, 6.45) is 0.639. The lowest BCUT2D eigenvalue weighted by Crippen LogP contribution is -2.30. The summed E-state index contributed by atoms with van der Waals surface area (Å²) in [6.45, 7) is 5.94. The van der Waals surface area contributed by atoms with E-state index >= 15 is 0 Å². The van der Waals surface area contributed by atoms with Crippen molar-refractivity contribution in [2.75, 3.05) is 13.7 Å². The number of methoxy groups -OCH3 is 1. The fraction of sp³-hybridized carbons (Fsp3) is 0.467. The highest BCUT2D eigenvalue weighted by Crippen LogP contribution is 2.24. The Kier molecular flexibility index (Phi) is 5.55. The number of carbonyl (C=O) groups excluding carboxylic acids is 2. The molecule has 0 saturated heterocycles. The van der Waals surface area contributed by atoms with Crippen LogP contribution in [0.1, 0.15) is 37.8 Å². The zero-order valence-corrected chi connectivity index (χ0v) is 11.9. The second-order valence-corrected chi connectivity index (χ2v) is 4.79. The van der Waals surface area contributed by atoms with E-state index in [-0.39, 0.29) is 0 Å². The number of rotatable bonds is 6. The highest BCUT2D eigenvalue weighted by Gasteiger charge is 2.09. The topological polar surface area (TPSA) is 55.4 Å². The van der Waals surface area contributed by atoms with Gasteiger partial charge in [0.1, 0.15) is 5.75 Å². The molecule has 1 aromatic rings. The van der Waals surface area contributed by atoms with Crippen LogP contribution in [-0.4, -0.2) is 25.3 Å². The van der Waals surface area contributed by atoms with E-state index in [0.717, 1.165) is 11.3 Å². The van der Waals surface area contributed by atoms with Gasteiger partial charge in [0, 0.05) is 13.5 Å².